The monoisotopic (exact) mass is 409 g/mol. The number of amides is 1. The standard InChI is InChI=1S/C20H19F4N3O2/c21-15-8-6-13(7-9-15)18(28)27-19(25-12-17-5-2-10-29-17)26-16-4-1-3-14(11-16)20(22,23)24/h1,3-4,6-9,11,17H,2,5,10,12H2,(H2,25,26,27,28)/t17-/m0/s1. The average Bonchev–Trinajstić information content (AvgIpc) is 3.20. The molecule has 0 unspecified atom stereocenters. The van der Waals surface area contributed by atoms with E-state index in [2.05, 4.69) is 15.6 Å². The Morgan fingerprint density at radius 1 is 1.17 bits per heavy atom. The molecule has 0 radical (unpaired) electrons. The van der Waals surface area contributed by atoms with E-state index in [1.807, 2.05) is 0 Å². The number of ether oxygens (including phenoxy) is 1. The third-order valence-corrected chi connectivity index (χ3v) is 4.27. The normalized spacial score (nSPS) is 17.2. The van der Waals surface area contributed by atoms with Gasteiger partial charge in [0.1, 0.15) is 5.82 Å². The Morgan fingerprint density at radius 2 is 1.93 bits per heavy atom. The molecule has 1 aliphatic rings. The molecule has 9 heteroatoms. The van der Waals surface area contributed by atoms with E-state index in [9.17, 15) is 22.4 Å². The number of halogens is 4. The van der Waals surface area contributed by atoms with Crippen LogP contribution in [0.1, 0.15) is 28.8 Å². The van der Waals surface area contributed by atoms with Gasteiger partial charge in [-0.1, -0.05) is 6.07 Å². The van der Waals surface area contributed by atoms with E-state index in [0.29, 0.717) is 6.61 Å². The number of anilines is 1. The van der Waals surface area contributed by atoms with Crippen LogP contribution in [0.3, 0.4) is 0 Å². The predicted molar refractivity (Wildman–Crippen MR) is 100 cm³/mol. The Morgan fingerprint density at radius 3 is 2.59 bits per heavy atom. The molecule has 2 aromatic carbocycles. The highest BCUT2D eigenvalue weighted by molar-refractivity contribution is 6.09. The minimum atomic E-state index is -4.50. The number of rotatable bonds is 4. The second-order valence-corrected chi connectivity index (χ2v) is 6.49. The lowest BCUT2D eigenvalue weighted by atomic mass is 10.2. The summed E-state index contributed by atoms with van der Waals surface area (Å²) in [6.07, 6.45) is -2.90. The summed E-state index contributed by atoms with van der Waals surface area (Å²) in [5, 5.41) is 5.24. The number of alkyl halides is 3. The first-order valence-corrected chi connectivity index (χ1v) is 8.98. The highest BCUT2D eigenvalue weighted by Crippen LogP contribution is 2.30. The molecule has 0 aromatic heterocycles. The van der Waals surface area contributed by atoms with Crippen LogP contribution < -0.4 is 10.6 Å². The number of nitrogens with zero attached hydrogens (tertiary/aromatic N) is 1. The summed E-state index contributed by atoms with van der Waals surface area (Å²) in [4.78, 5) is 16.7. The summed E-state index contributed by atoms with van der Waals surface area (Å²) < 4.78 is 57.4. The van der Waals surface area contributed by atoms with Crippen LogP contribution in [-0.2, 0) is 10.9 Å². The Bertz CT molecular complexity index is 876. The summed E-state index contributed by atoms with van der Waals surface area (Å²) >= 11 is 0. The number of hydrogen-bond donors (Lipinski definition) is 2. The van der Waals surface area contributed by atoms with Gasteiger partial charge in [-0.25, -0.2) is 9.38 Å². The minimum Gasteiger partial charge on any atom is -0.376 e. The van der Waals surface area contributed by atoms with Crippen LogP contribution >= 0.6 is 0 Å². The van der Waals surface area contributed by atoms with Gasteiger partial charge in [0.15, 0.2) is 0 Å². The quantitative estimate of drug-likeness (QED) is 0.452. The maximum absolute atomic E-state index is 13.1. The van der Waals surface area contributed by atoms with Gasteiger partial charge in [-0.3, -0.25) is 10.1 Å². The first kappa shape index (κ1) is 20.8. The lowest BCUT2D eigenvalue weighted by Crippen LogP contribution is -2.36. The van der Waals surface area contributed by atoms with Crippen molar-refractivity contribution in [3.05, 3.63) is 65.5 Å². The van der Waals surface area contributed by atoms with E-state index < -0.39 is 23.5 Å². The average molecular weight is 409 g/mol. The van der Waals surface area contributed by atoms with Crippen molar-refractivity contribution in [1.29, 1.82) is 0 Å². The Labute approximate surface area is 164 Å². The number of hydrogen-bond acceptors (Lipinski definition) is 3. The third-order valence-electron chi connectivity index (χ3n) is 4.27. The molecule has 29 heavy (non-hydrogen) atoms. The largest absolute Gasteiger partial charge is 0.416 e. The van der Waals surface area contributed by atoms with Gasteiger partial charge in [-0.05, 0) is 55.3 Å². The van der Waals surface area contributed by atoms with E-state index >= 15 is 0 Å². The van der Waals surface area contributed by atoms with Crippen LogP contribution in [0.15, 0.2) is 53.5 Å². The van der Waals surface area contributed by atoms with Gasteiger partial charge in [0.05, 0.1) is 18.2 Å². The van der Waals surface area contributed by atoms with Gasteiger partial charge < -0.3 is 10.1 Å². The van der Waals surface area contributed by atoms with Gasteiger partial charge in [0.25, 0.3) is 5.91 Å². The molecule has 2 aromatic rings. The number of nitrogens with one attached hydrogen (secondary N) is 2. The van der Waals surface area contributed by atoms with Crippen molar-refractivity contribution in [3.63, 3.8) is 0 Å². The van der Waals surface area contributed by atoms with Crippen molar-refractivity contribution in [2.75, 3.05) is 18.5 Å². The van der Waals surface area contributed by atoms with Crippen LogP contribution in [0.2, 0.25) is 0 Å². The molecule has 1 amide bonds. The van der Waals surface area contributed by atoms with Gasteiger partial charge in [-0.2, -0.15) is 13.2 Å². The van der Waals surface area contributed by atoms with Gasteiger partial charge in [0, 0.05) is 17.9 Å². The summed E-state index contributed by atoms with van der Waals surface area (Å²) in [6.45, 7) is 0.865. The van der Waals surface area contributed by atoms with Crippen molar-refractivity contribution >= 4 is 17.6 Å². The van der Waals surface area contributed by atoms with Crippen LogP contribution in [-0.4, -0.2) is 31.1 Å². The van der Waals surface area contributed by atoms with E-state index in [1.165, 1.54) is 24.3 Å². The smallest absolute Gasteiger partial charge is 0.376 e. The van der Waals surface area contributed by atoms with E-state index in [4.69, 9.17) is 4.74 Å². The van der Waals surface area contributed by atoms with Crippen LogP contribution in [0.5, 0.6) is 0 Å². The molecule has 2 N–H and O–H groups in total. The summed E-state index contributed by atoms with van der Waals surface area (Å²) in [5.74, 6) is -1.08. The number of carbonyl (C=O) groups excluding carboxylic acids is 1. The van der Waals surface area contributed by atoms with E-state index in [-0.39, 0.29) is 29.9 Å². The van der Waals surface area contributed by atoms with Gasteiger partial charge in [-0.15, -0.1) is 0 Å². The molecule has 0 aliphatic carbocycles. The van der Waals surface area contributed by atoms with Gasteiger partial charge >= 0.3 is 6.18 Å². The molecule has 0 spiro atoms. The number of aliphatic imine (C=N–C) groups is 1. The second kappa shape index (κ2) is 9.04. The van der Waals surface area contributed by atoms with E-state index in [0.717, 1.165) is 37.1 Å². The fourth-order valence-electron chi connectivity index (χ4n) is 2.78. The zero-order valence-corrected chi connectivity index (χ0v) is 15.3. The van der Waals surface area contributed by atoms with Crippen LogP contribution in [0.25, 0.3) is 0 Å². The number of guanidine groups is 1. The maximum Gasteiger partial charge on any atom is 0.416 e. The molecule has 1 atom stereocenters. The predicted octanol–water partition coefficient (Wildman–Crippen LogP) is 4.22. The fraction of sp³-hybridized carbons (Fsp3) is 0.300. The molecule has 1 fully saturated rings. The molecule has 5 nitrogen and oxygen atoms in total. The molecule has 0 bridgehead atoms. The van der Waals surface area contributed by atoms with E-state index in [1.54, 1.807) is 0 Å². The molecule has 1 heterocycles. The van der Waals surface area contributed by atoms with Crippen molar-refractivity contribution in [2.45, 2.75) is 25.1 Å². The second-order valence-electron chi connectivity index (χ2n) is 6.49. The van der Waals surface area contributed by atoms with Gasteiger partial charge in [0.2, 0.25) is 5.96 Å². The lowest BCUT2D eigenvalue weighted by molar-refractivity contribution is -0.137. The highest BCUT2D eigenvalue weighted by atomic mass is 19.4. The Kier molecular flexibility index (Phi) is 6.48. The fourth-order valence-corrected chi connectivity index (χ4v) is 2.78. The SMILES string of the molecule is O=C(NC(=NC[C@@H]1CCCO1)Nc1cccc(C(F)(F)F)c1)c1ccc(F)cc1. The van der Waals surface area contributed by atoms with Crippen molar-refractivity contribution in [1.82, 2.24) is 5.32 Å². The Balaban J connectivity index is 1.78. The zero-order chi connectivity index (χ0) is 20.9. The highest BCUT2D eigenvalue weighted by Gasteiger charge is 2.30. The summed E-state index contributed by atoms with van der Waals surface area (Å²) in [7, 11) is 0. The molecule has 154 valence electrons. The van der Waals surface area contributed by atoms with Crippen LogP contribution in [0, 0.1) is 5.82 Å². The molecule has 1 saturated heterocycles. The van der Waals surface area contributed by atoms with Crippen molar-refractivity contribution < 1.29 is 27.1 Å². The lowest BCUT2D eigenvalue weighted by Gasteiger charge is -2.15. The molecule has 0 saturated carbocycles. The zero-order valence-electron chi connectivity index (χ0n) is 15.3. The molecule has 1 aliphatic heterocycles. The molecular weight excluding hydrogens is 390 g/mol. The summed E-state index contributed by atoms with van der Waals surface area (Å²) in [5.41, 5.74) is -0.529. The van der Waals surface area contributed by atoms with Crippen molar-refractivity contribution in [2.24, 2.45) is 4.99 Å². The first-order chi connectivity index (χ1) is 13.8. The Hall–Kier alpha value is -2.94. The topological polar surface area (TPSA) is 62.7 Å². The molecular formula is C20H19F4N3O2. The van der Waals surface area contributed by atoms with Crippen molar-refractivity contribution in [3.8, 4) is 0 Å². The minimum absolute atomic E-state index is 0.0193. The molecule has 3 rings (SSSR count). The number of benzene rings is 2. The van der Waals surface area contributed by atoms with Crippen LogP contribution in [0.4, 0.5) is 23.2 Å². The summed E-state index contributed by atoms with van der Waals surface area (Å²) in [6, 6.07) is 9.43. The number of carbonyl (C=O) groups is 1. The third kappa shape index (κ3) is 6.02. The maximum atomic E-state index is 13.1. The first-order valence-electron chi connectivity index (χ1n) is 8.98.